The number of rotatable bonds is 7. The zero-order valence-corrected chi connectivity index (χ0v) is 11.8. The summed E-state index contributed by atoms with van der Waals surface area (Å²) in [7, 11) is 0. The predicted molar refractivity (Wildman–Crippen MR) is 79.5 cm³/mol. The summed E-state index contributed by atoms with van der Waals surface area (Å²) >= 11 is 3.68. The molecule has 96 valence electrons. The normalized spacial score (nSPS) is 10.5. The van der Waals surface area contributed by atoms with Gasteiger partial charge >= 0.3 is 0 Å². The maximum Gasteiger partial charge on any atom is 0.119 e. The van der Waals surface area contributed by atoms with Gasteiger partial charge in [0.2, 0.25) is 0 Å². The Hall–Kier alpha value is -0.970. The first-order valence-electron chi connectivity index (χ1n) is 5.96. The summed E-state index contributed by atoms with van der Waals surface area (Å²) in [6.07, 6.45) is 1.05. The molecule has 0 saturated heterocycles. The van der Waals surface area contributed by atoms with E-state index in [1.54, 1.807) is 11.3 Å². The Kier molecular flexibility index (Phi) is 5.58. The molecule has 0 aliphatic carbocycles. The van der Waals surface area contributed by atoms with Crippen LogP contribution in [0.25, 0.3) is 0 Å². The van der Waals surface area contributed by atoms with Crippen molar-refractivity contribution in [3.63, 3.8) is 0 Å². The topological polar surface area (TPSA) is 35.2 Å². The van der Waals surface area contributed by atoms with Gasteiger partial charge in [-0.25, -0.2) is 0 Å². The van der Waals surface area contributed by atoms with Crippen LogP contribution < -0.4 is 10.5 Å². The number of thioether (sulfide) groups is 1. The lowest BCUT2D eigenvalue weighted by molar-refractivity contribution is 0.318. The lowest BCUT2D eigenvalue weighted by Gasteiger charge is -2.06. The summed E-state index contributed by atoms with van der Waals surface area (Å²) in [6, 6.07) is 12.2. The lowest BCUT2D eigenvalue weighted by Crippen LogP contribution is -2.00. The second-order valence-corrected chi connectivity index (χ2v) is 6.18. The van der Waals surface area contributed by atoms with Crippen molar-refractivity contribution in [1.29, 1.82) is 0 Å². The summed E-state index contributed by atoms with van der Waals surface area (Å²) in [4.78, 5) is 0. The van der Waals surface area contributed by atoms with Crippen molar-refractivity contribution >= 4 is 23.1 Å². The standard InChI is InChI=1S/C14H17NOS2/c15-11-12-4-1-5-13(10-12)16-7-3-9-18-14-6-2-8-17-14/h1-2,4-6,8,10H,3,7,9,11,15H2. The van der Waals surface area contributed by atoms with Gasteiger partial charge in [-0.3, -0.25) is 0 Å². The van der Waals surface area contributed by atoms with Gasteiger partial charge in [0.05, 0.1) is 10.8 Å². The molecule has 0 spiro atoms. The molecule has 0 atom stereocenters. The van der Waals surface area contributed by atoms with Gasteiger partial charge in [-0.2, -0.15) is 0 Å². The Morgan fingerprint density at radius 1 is 1.22 bits per heavy atom. The predicted octanol–water partition coefficient (Wildman–Crippen LogP) is 3.77. The molecule has 0 aliphatic heterocycles. The van der Waals surface area contributed by atoms with Crippen LogP contribution in [-0.4, -0.2) is 12.4 Å². The van der Waals surface area contributed by atoms with Crippen LogP contribution in [0.2, 0.25) is 0 Å². The molecule has 4 heteroatoms. The minimum atomic E-state index is 0.561. The summed E-state index contributed by atoms with van der Waals surface area (Å²) in [6.45, 7) is 1.32. The van der Waals surface area contributed by atoms with E-state index in [1.807, 2.05) is 36.0 Å². The third-order valence-corrected chi connectivity index (χ3v) is 4.65. The van der Waals surface area contributed by atoms with Gasteiger partial charge in [-0.15, -0.1) is 23.1 Å². The molecule has 1 aromatic heterocycles. The van der Waals surface area contributed by atoms with Crippen LogP contribution in [0.1, 0.15) is 12.0 Å². The van der Waals surface area contributed by atoms with Gasteiger partial charge in [0.15, 0.2) is 0 Å². The van der Waals surface area contributed by atoms with Crippen LogP contribution in [0.15, 0.2) is 46.0 Å². The molecule has 0 bridgehead atoms. The van der Waals surface area contributed by atoms with Crippen molar-refractivity contribution in [2.75, 3.05) is 12.4 Å². The first-order chi connectivity index (χ1) is 8.88. The average molecular weight is 279 g/mol. The molecular formula is C14H17NOS2. The number of nitrogens with two attached hydrogens (primary N) is 1. The van der Waals surface area contributed by atoms with Crippen LogP contribution >= 0.6 is 23.1 Å². The summed E-state index contributed by atoms with van der Waals surface area (Å²) in [5.41, 5.74) is 6.70. The van der Waals surface area contributed by atoms with E-state index in [0.717, 1.165) is 30.1 Å². The fourth-order valence-corrected chi connectivity index (χ4v) is 3.30. The molecule has 1 heterocycles. The van der Waals surface area contributed by atoms with E-state index >= 15 is 0 Å². The number of benzene rings is 1. The highest BCUT2D eigenvalue weighted by molar-refractivity contribution is 8.01. The number of hydrogen-bond acceptors (Lipinski definition) is 4. The lowest BCUT2D eigenvalue weighted by atomic mass is 10.2. The summed E-state index contributed by atoms with van der Waals surface area (Å²) < 4.78 is 7.08. The van der Waals surface area contributed by atoms with Crippen LogP contribution in [-0.2, 0) is 6.54 Å². The van der Waals surface area contributed by atoms with E-state index in [9.17, 15) is 0 Å². The molecule has 0 saturated carbocycles. The van der Waals surface area contributed by atoms with Gasteiger partial charge in [0.25, 0.3) is 0 Å². The van der Waals surface area contributed by atoms with Crippen molar-refractivity contribution in [3.8, 4) is 5.75 Å². The maximum atomic E-state index is 5.70. The van der Waals surface area contributed by atoms with Gasteiger partial charge in [-0.1, -0.05) is 18.2 Å². The molecule has 2 nitrogen and oxygen atoms in total. The van der Waals surface area contributed by atoms with Crippen LogP contribution in [0.3, 0.4) is 0 Å². The molecule has 2 aromatic rings. The van der Waals surface area contributed by atoms with Gasteiger partial charge in [0, 0.05) is 12.3 Å². The third kappa shape index (κ3) is 4.37. The molecular weight excluding hydrogens is 262 g/mol. The third-order valence-electron chi connectivity index (χ3n) is 2.43. The summed E-state index contributed by atoms with van der Waals surface area (Å²) in [5, 5.41) is 2.11. The Morgan fingerprint density at radius 3 is 2.94 bits per heavy atom. The van der Waals surface area contributed by atoms with Crippen LogP contribution in [0, 0.1) is 0 Å². The number of ether oxygens (including phenoxy) is 1. The Morgan fingerprint density at radius 2 is 2.17 bits per heavy atom. The van der Waals surface area contributed by atoms with Gasteiger partial charge in [-0.05, 0) is 35.6 Å². The van der Waals surface area contributed by atoms with E-state index in [-0.39, 0.29) is 0 Å². The molecule has 0 unspecified atom stereocenters. The molecule has 0 aliphatic rings. The first-order valence-corrected chi connectivity index (χ1v) is 7.83. The Bertz CT molecular complexity index is 457. The second-order valence-electron chi connectivity index (χ2n) is 3.83. The fourth-order valence-electron chi connectivity index (χ4n) is 1.53. The van der Waals surface area contributed by atoms with E-state index in [2.05, 4.69) is 17.5 Å². The number of hydrogen-bond donors (Lipinski definition) is 1. The minimum Gasteiger partial charge on any atom is -0.494 e. The Labute approximate surface area is 116 Å². The smallest absolute Gasteiger partial charge is 0.119 e. The molecule has 0 radical (unpaired) electrons. The fraction of sp³-hybridized carbons (Fsp3) is 0.286. The highest BCUT2D eigenvalue weighted by atomic mass is 32.2. The highest BCUT2D eigenvalue weighted by Gasteiger charge is 1.97. The van der Waals surface area contributed by atoms with Crippen molar-refractivity contribution in [2.24, 2.45) is 5.73 Å². The van der Waals surface area contributed by atoms with E-state index in [0.29, 0.717) is 6.54 Å². The minimum absolute atomic E-state index is 0.561. The van der Waals surface area contributed by atoms with Crippen molar-refractivity contribution < 1.29 is 4.74 Å². The molecule has 2 rings (SSSR count). The largest absolute Gasteiger partial charge is 0.494 e. The van der Waals surface area contributed by atoms with E-state index in [4.69, 9.17) is 10.5 Å². The van der Waals surface area contributed by atoms with Crippen molar-refractivity contribution in [1.82, 2.24) is 0 Å². The van der Waals surface area contributed by atoms with E-state index < -0.39 is 0 Å². The molecule has 2 N–H and O–H groups in total. The Balaban J connectivity index is 1.65. The first kappa shape index (κ1) is 13.5. The van der Waals surface area contributed by atoms with Crippen molar-refractivity contribution in [3.05, 3.63) is 47.3 Å². The summed E-state index contributed by atoms with van der Waals surface area (Å²) in [5.74, 6) is 2.01. The molecule has 18 heavy (non-hydrogen) atoms. The SMILES string of the molecule is NCc1cccc(OCCCSc2cccs2)c1. The maximum absolute atomic E-state index is 5.70. The second kappa shape index (κ2) is 7.46. The van der Waals surface area contributed by atoms with Gasteiger partial charge in [0.1, 0.15) is 5.75 Å². The van der Waals surface area contributed by atoms with Gasteiger partial charge < -0.3 is 10.5 Å². The van der Waals surface area contributed by atoms with Crippen LogP contribution in [0.4, 0.5) is 0 Å². The molecule has 0 fully saturated rings. The zero-order valence-electron chi connectivity index (χ0n) is 10.2. The quantitative estimate of drug-likeness (QED) is 0.619. The zero-order chi connectivity index (χ0) is 12.6. The molecule has 0 amide bonds. The molecule has 1 aromatic carbocycles. The highest BCUT2D eigenvalue weighted by Crippen LogP contribution is 2.23. The van der Waals surface area contributed by atoms with Crippen molar-refractivity contribution in [2.45, 2.75) is 17.2 Å². The monoisotopic (exact) mass is 279 g/mol. The average Bonchev–Trinajstić information content (AvgIpc) is 2.92. The number of thiophene rings is 1. The van der Waals surface area contributed by atoms with Crippen LogP contribution in [0.5, 0.6) is 5.75 Å². The van der Waals surface area contributed by atoms with E-state index in [1.165, 1.54) is 4.21 Å².